The maximum Gasteiger partial charge on any atom is 0.405 e. The Balaban J connectivity index is 2.24. The Kier molecular flexibility index (Phi) is 6.43. The van der Waals surface area contributed by atoms with Gasteiger partial charge in [0.15, 0.2) is 5.78 Å². The third-order valence-electron chi connectivity index (χ3n) is 3.82. The highest BCUT2D eigenvalue weighted by molar-refractivity contribution is 6.06. The van der Waals surface area contributed by atoms with Crippen LogP contribution >= 0.6 is 0 Å². The van der Waals surface area contributed by atoms with E-state index in [1.165, 1.54) is 12.1 Å². The Hall–Kier alpha value is -3.22. The molecule has 0 aliphatic carbocycles. The summed E-state index contributed by atoms with van der Waals surface area (Å²) in [6, 6.07) is 11.7. The van der Waals surface area contributed by atoms with Gasteiger partial charge in [-0.2, -0.15) is 0 Å². The first-order valence-corrected chi connectivity index (χ1v) is 8.08. The summed E-state index contributed by atoms with van der Waals surface area (Å²) in [5.41, 5.74) is 0.473. The summed E-state index contributed by atoms with van der Waals surface area (Å²) in [6.45, 7) is 1.66. The van der Waals surface area contributed by atoms with Gasteiger partial charge in [-0.15, -0.1) is 0 Å². The molecule has 0 spiro atoms. The largest absolute Gasteiger partial charge is 0.465 e. The van der Waals surface area contributed by atoms with Crippen LogP contribution in [0.2, 0.25) is 0 Å². The number of rotatable bonds is 7. The standard InChI is InChI=1S/C19H19FN2O4/c1-2-15(22-19(25)26)16(23)11-12-7-6-10-14(20)17(12)18(24)21-13-8-4-3-5-9-13/h3-10,15,22H,2,11H2,1H3,(H,21,24)(H,25,26). The van der Waals surface area contributed by atoms with Crippen molar-refractivity contribution >= 4 is 23.5 Å². The number of benzene rings is 2. The molecule has 26 heavy (non-hydrogen) atoms. The van der Waals surface area contributed by atoms with Crippen molar-refractivity contribution in [2.75, 3.05) is 5.32 Å². The van der Waals surface area contributed by atoms with E-state index >= 15 is 0 Å². The quantitative estimate of drug-likeness (QED) is 0.708. The van der Waals surface area contributed by atoms with Crippen LogP contribution in [0, 0.1) is 5.82 Å². The van der Waals surface area contributed by atoms with E-state index in [0.29, 0.717) is 5.69 Å². The number of para-hydroxylation sites is 1. The Morgan fingerprint density at radius 3 is 2.38 bits per heavy atom. The van der Waals surface area contributed by atoms with E-state index in [4.69, 9.17) is 5.11 Å². The maximum absolute atomic E-state index is 14.3. The van der Waals surface area contributed by atoms with Gasteiger partial charge in [0.1, 0.15) is 5.82 Å². The molecule has 0 bridgehead atoms. The highest BCUT2D eigenvalue weighted by Gasteiger charge is 2.23. The Morgan fingerprint density at radius 1 is 1.08 bits per heavy atom. The van der Waals surface area contributed by atoms with E-state index in [2.05, 4.69) is 10.6 Å². The van der Waals surface area contributed by atoms with Gasteiger partial charge in [-0.25, -0.2) is 9.18 Å². The van der Waals surface area contributed by atoms with E-state index < -0.39 is 29.6 Å². The van der Waals surface area contributed by atoms with Gasteiger partial charge in [-0.05, 0) is 30.2 Å². The monoisotopic (exact) mass is 358 g/mol. The molecule has 0 heterocycles. The van der Waals surface area contributed by atoms with Crippen molar-refractivity contribution in [3.63, 3.8) is 0 Å². The maximum atomic E-state index is 14.3. The van der Waals surface area contributed by atoms with Crippen molar-refractivity contribution in [3.8, 4) is 0 Å². The number of Topliss-reactive ketones (excluding diaryl/α,β-unsaturated/α-hetero) is 1. The molecule has 0 saturated heterocycles. The topological polar surface area (TPSA) is 95.5 Å². The van der Waals surface area contributed by atoms with Gasteiger partial charge in [0, 0.05) is 12.1 Å². The van der Waals surface area contributed by atoms with E-state index in [-0.39, 0.29) is 24.0 Å². The molecular formula is C19H19FN2O4. The average Bonchev–Trinajstić information content (AvgIpc) is 2.60. The van der Waals surface area contributed by atoms with Crippen LogP contribution in [-0.4, -0.2) is 28.9 Å². The van der Waals surface area contributed by atoms with Gasteiger partial charge < -0.3 is 15.7 Å². The zero-order chi connectivity index (χ0) is 19.1. The number of nitrogens with one attached hydrogen (secondary N) is 2. The molecule has 0 aromatic heterocycles. The summed E-state index contributed by atoms with van der Waals surface area (Å²) in [4.78, 5) is 35.6. The molecular weight excluding hydrogens is 339 g/mol. The molecule has 0 radical (unpaired) electrons. The fraction of sp³-hybridized carbons (Fsp3) is 0.211. The highest BCUT2D eigenvalue weighted by atomic mass is 19.1. The van der Waals surface area contributed by atoms with E-state index in [1.54, 1.807) is 37.3 Å². The molecule has 1 atom stereocenters. The fourth-order valence-corrected chi connectivity index (χ4v) is 2.56. The van der Waals surface area contributed by atoms with Crippen molar-refractivity contribution in [2.45, 2.75) is 25.8 Å². The van der Waals surface area contributed by atoms with Gasteiger partial charge in [-0.1, -0.05) is 37.3 Å². The molecule has 2 aromatic rings. The van der Waals surface area contributed by atoms with Crippen LogP contribution in [0.25, 0.3) is 0 Å². The lowest BCUT2D eigenvalue weighted by atomic mass is 9.97. The number of hydrogen-bond donors (Lipinski definition) is 3. The Labute approximate surface area is 150 Å². The summed E-state index contributed by atoms with van der Waals surface area (Å²) < 4.78 is 14.3. The summed E-state index contributed by atoms with van der Waals surface area (Å²) in [5.74, 6) is -1.85. The minimum atomic E-state index is -1.31. The van der Waals surface area contributed by atoms with E-state index in [1.807, 2.05) is 0 Å². The van der Waals surface area contributed by atoms with Gasteiger partial charge in [0.25, 0.3) is 5.91 Å². The fourth-order valence-electron chi connectivity index (χ4n) is 2.56. The van der Waals surface area contributed by atoms with Crippen molar-refractivity contribution in [3.05, 3.63) is 65.5 Å². The number of carboxylic acid groups (broad SMARTS) is 1. The molecule has 6 nitrogen and oxygen atoms in total. The zero-order valence-electron chi connectivity index (χ0n) is 14.2. The summed E-state index contributed by atoms with van der Waals surface area (Å²) in [5, 5.41) is 13.5. The smallest absolute Gasteiger partial charge is 0.405 e. The van der Waals surface area contributed by atoms with Crippen molar-refractivity contribution in [2.24, 2.45) is 0 Å². The number of carbonyl (C=O) groups excluding carboxylic acids is 2. The predicted molar refractivity (Wildman–Crippen MR) is 94.7 cm³/mol. The summed E-state index contributed by atoms with van der Waals surface area (Å²) in [6.07, 6.45) is -1.31. The molecule has 0 fully saturated rings. The SMILES string of the molecule is CCC(NC(=O)O)C(=O)Cc1cccc(F)c1C(=O)Nc1ccccc1. The highest BCUT2D eigenvalue weighted by Crippen LogP contribution is 2.18. The van der Waals surface area contributed by atoms with Crippen molar-refractivity contribution in [1.82, 2.24) is 5.32 Å². The predicted octanol–water partition coefficient (Wildman–Crippen LogP) is 3.24. The molecule has 0 aliphatic heterocycles. The summed E-state index contributed by atoms with van der Waals surface area (Å²) in [7, 11) is 0. The second-order valence-corrected chi connectivity index (χ2v) is 5.65. The third-order valence-corrected chi connectivity index (χ3v) is 3.82. The van der Waals surface area contributed by atoms with E-state index in [9.17, 15) is 18.8 Å². The molecule has 0 aliphatic rings. The normalized spacial score (nSPS) is 11.5. The zero-order valence-corrected chi connectivity index (χ0v) is 14.2. The molecule has 2 amide bonds. The Bertz CT molecular complexity index is 808. The number of amides is 2. The molecule has 3 N–H and O–H groups in total. The van der Waals surface area contributed by atoms with Crippen LogP contribution < -0.4 is 10.6 Å². The van der Waals surface area contributed by atoms with Crippen molar-refractivity contribution < 1.29 is 23.9 Å². The van der Waals surface area contributed by atoms with Crippen LogP contribution in [0.4, 0.5) is 14.9 Å². The van der Waals surface area contributed by atoms with E-state index in [0.717, 1.165) is 6.07 Å². The third kappa shape index (κ3) is 4.89. The Morgan fingerprint density at radius 2 is 1.77 bits per heavy atom. The number of ketones is 1. The number of anilines is 1. The van der Waals surface area contributed by atoms with Crippen LogP contribution in [0.5, 0.6) is 0 Å². The summed E-state index contributed by atoms with van der Waals surface area (Å²) >= 11 is 0. The molecule has 136 valence electrons. The van der Waals surface area contributed by atoms with Crippen LogP contribution in [-0.2, 0) is 11.2 Å². The molecule has 2 aromatic carbocycles. The first-order chi connectivity index (χ1) is 12.4. The number of carbonyl (C=O) groups is 3. The van der Waals surface area contributed by atoms with Gasteiger partial charge in [0.05, 0.1) is 11.6 Å². The van der Waals surface area contributed by atoms with Gasteiger partial charge in [-0.3, -0.25) is 9.59 Å². The molecule has 0 saturated carbocycles. The number of halogens is 1. The number of hydrogen-bond acceptors (Lipinski definition) is 3. The first kappa shape index (κ1) is 19.1. The minimum Gasteiger partial charge on any atom is -0.465 e. The molecule has 1 unspecified atom stereocenters. The van der Waals surface area contributed by atoms with Gasteiger partial charge >= 0.3 is 6.09 Å². The van der Waals surface area contributed by atoms with Crippen LogP contribution in [0.3, 0.4) is 0 Å². The lowest BCUT2D eigenvalue weighted by Crippen LogP contribution is -2.40. The second kappa shape index (κ2) is 8.75. The van der Waals surface area contributed by atoms with Gasteiger partial charge in [0.2, 0.25) is 0 Å². The molecule has 2 rings (SSSR count). The van der Waals surface area contributed by atoms with Crippen LogP contribution in [0.1, 0.15) is 29.3 Å². The minimum absolute atomic E-state index is 0.203. The van der Waals surface area contributed by atoms with Crippen LogP contribution in [0.15, 0.2) is 48.5 Å². The molecule has 7 heteroatoms. The van der Waals surface area contributed by atoms with Crippen molar-refractivity contribution in [1.29, 1.82) is 0 Å². The lowest BCUT2D eigenvalue weighted by Gasteiger charge is -2.15. The second-order valence-electron chi connectivity index (χ2n) is 5.65. The lowest BCUT2D eigenvalue weighted by molar-refractivity contribution is -0.120. The first-order valence-electron chi connectivity index (χ1n) is 8.08. The average molecular weight is 358 g/mol.